The number of imide groups is 1. The Balaban J connectivity index is 2.58. The highest BCUT2D eigenvalue weighted by Crippen LogP contribution is 2.04. The number of hydrogen-bond acceptors (Lipinski definition) is 3. The highest BCUT2D eigenvalue weighted by atomic mass is 16.2. The molecule has 1 atom stereocenters. The van der Waals surface area contributed by atoms with Gasteiger partial charge in [0.15, 0.2) is 0 Å². The summed E-state index contributed by atoms with van der Waals surface area (Å²) in [5.41, 5.74) is 5.04. The first kappa shape index (κ1) is 14.1. The zero-order valence-corrected chi connectivity index (χ0v) is 11.2. The van der Waals surface area contributed by atoms with E-state index < -0.39 is 12.1 Å². The molecule has 1 aromatic heterocycles. The quantitative estimate of drug-likeness (QED) is 0.744. The molecule has 0 aromatic carbocycles. The Morgan fingerprint density at radius 2 is 1.83 bits per heavy atom. The average molecular weight is 252 g/mol. The minimum atomic E-state index is -0.502. The molecule has 100 valence electrons. The number of aryl methyl sites for hydroxylation is 2. The van der Waals surface area contributed by atoms with E-state index in [1.165, 1.54) is 0 Å². The van der Waals surface area contributed by atoms with Crippen LogP contribution in [0.3, 0.4) is 0 Å². The van der Waals surface area contributed by atoms with Crippen LogP contribution in [-0.2, 0) is 4.79 Å². The Labute approximate surface area is 107 Å². The fourth-order valence-electron chi connectivity index (χ4n) is 1.55. The maximum atomic E-state index is 11.7. The first-order valence-corrected chi connectivity index (χ1v) is 5.96. The Kier molecular flexibility index (Phi) is 4.76. The molecule has 6 heteroatoms. The monoisotopic (exact) mass is 252 g/mol. The standard InChI is InChI=1S/C12H20N4O2/c1-5-13-12(18)14-11(17)10(4)15-16-8(2)6-7-9(16)3/h6-7,10,15H,5H2,1-4H3,(H2,13,14,17,18). The summed E-state index contributed by atoms with van der Waals surface area (Å²) in [6, 6.07) is 2.93. The van der Waals surface area contributed by atoms with Crippen LogP contribution in [0.1, 0.15) is 25.2 Å². The summed E-state index contributed by atoms with van der Waals surface area (Å²) in [4.78, 5) is 22.9. The fraction of sp³-hybridized carbons (Fsp3) is 0.500. The van der Waals surface area contributed by atoms with Crippen molar-refractivity contribution in [2.45, 2.75) is 33.7 Å². The molecule has 1 aromatic rings. The fourth-order valence-corrected chi connectivity index (χ4v) is 1.55. The molecule has 0 radical (unpaired) electrons. The molecule has 1 unspecified atom stereocenters. The van der Waals surface area contributed by atoms with E-state index in [0.717, 1.165) is 11.4 Å². The number of rotatable bonds is 4. The van der Waals surface area contributed by atoms with E-state index in [2.05, 4.69) is 16.1 Å². The van der Waals surface area contributed by atoms with Crippen LogP contribution in [0.25, 0.3) is 0 Å². The van der Waals surface area contributed by atoms with Gasteiger partial charge in [-0.15, -0.1) is 0 Å². The molecule has 0 spiro atoms. The Hall–Kier alpha value is -1.98. The van der Waals surface area contributed by atoms with Gasteiger partial charge in [-0.3, -0.25) is 14.8 Å². The molecule has 0 fully saturated rings. The second-order valence-electron chi connectivity index (χ2n) is 4.15. The van der Waals surface area contributed by atoms with Crippen molar-refractivity contribution >= 4 is 11.9 Å². The molecule has 0 aliphatic rings. The van der Waals surface area contributed by atoms with Crippen molar-refractivity contribution in [2.75, 3.05) is 12.0 Å². The summed E-state index contributed by atoms with van der Waals surface area (Å²) in [6.45, 7) is 7.85. The van der Waals surface area contributed by atoms with Crippen molar-refractivity contribution in [3.63, 3.8) is 0 Å². The molecular weight excluding hydrogens is 232 g/mol. The van der Waals surface area contributed by atoms with Crippen LogP contribution in [-0.4, -0.2) is 29.2 Å². The number of aromatic nitrogens is 1. The highest BCUT2D eigenvalue weighted by Gasteiger charge is 2.16. The molecule has 0 aliphatic carbocycles. The molecule has 1 heterocycles. The van der Waals surface area contributed by atoms with Crippen LogP contribution in [0.15, 0.2) is 12.1 Å². The van der Waals surface area contributed by atoms with Crippen molar-refractivity contribution < 1.29 is 9.59 Å². The van der Waals surface area contributed by atoms with E-state index in [0.29, 0.717) is 6.54 Å². The number of urea groups is 1. The zero-order valence-electron chi connectivity index (χ0n) is 11.2. The maximum Gasteiger partial charge on any atom is 0.321 e. The number of nitrogens with zero attached hydrogens (tertiary/aromatic N) is 1. The SMILES string of the molecule is CCNC(=O)NC(=O)C(C)Nn1c(C)ccc1C. The maximum absolute atomic E-state index is 11.7. The molecule has 3 N–H and O–H groups in total. The van der Waals surface area contributed by atoms with Gasteiger partial charge in [-0.25, -0.2) is 4.79 Å². The van der Waals surface area contributed by atoms with Gasteiger partial charge in [0.25, 0.3) is 5.91 Å². The van der Waals surface area contributed by atoms with E-state index in [1.807, 2.05) is 30.7 Å². The summed E-state index contributed by atoms with van der Waals surface area (Å²) in [5.74, 6) is -0.367. The van der Waals surface area contributed by atoms with Gasteiger partial charge >= 0.3 is 6.03 Å². The summed E-state index contributed by atoms with van der Waals surface area (Å²) >= 11 is 0. The van der Waals surface area contributed by atoms with E-state index in [9.17, 15) is 9.59 Å². The van der Waals surface area contributed by atoms with Gasteiger partial charge in [0.05, 0.1) is 0 Å². The predicted octanol–water partition coefficient (Wildman–Crippen LogP) is 0.883. The van der Waals surface area contributed by atoms with Gasteiger partial charge in [0.2, 0.25) is 0 Å². The average Bonchev–Trinajstić information content (AvgIpc) is 2.60. The lowest BCUT2D eigenvalue weighted by atomic mass is 10.3. The number of amides is 3. The van der Waals surface area contributed by atoms with Crippen LogP contribution in [0.2, 0.25) is 0 Å². The normalized spacial score (nSPS) is 11.8. The van der Waals surface area contributed by atoms with Gasteiger partial charge in [-0.2, -0.15) is 0 Å². The van der Waals surface area contributed by atoms with Crippen molar-refractivity contribution in [1.82, 2.24) is 15.3 Å². The molecule has 6 nitrogen and oxygen atoms in total. The van der Waals surface area contributed by atoms with Gasteiger partial charge in [-0.1, -0.05) is 0 Å². The minimum absolute atomic E-state index is 0.367. The van der Waals surface area contributed by atoms with Gasteiger partial charge in [0.1, 0.15) is 6.04 Å². The number of carbonyl (C=O) groups excluding carboxylic acids is 2. The van der Waals surface area contributed by atoms with Crippen molar-refractivity contribution in [3.05, 3.63) is 23.5 Å². The molecule has 0 saturated heterocycles. The molecular formula is C12H20N4O2. The lowest BCUT2D eigenvalue weighted by Gasteiger charge is -2.18. The van der Waals surface area contributed by atoms with Gasteiger partial charge in [0, 0.05) is 17.9 Å². The molecule has 18 heavy (non-hydrogen) atoms. The van der Waals surface area contributed by atoms with Crippen LogP contribution in [0.4, 0.5) is 4.79 Å². The molecule has 0 aliphatic heterocycles. The van der Waals surface area contributed by atoms with Crippen LogP contribution in [0, 0.1) is 13.8 Å². The number of hydrogen-bond donors (Lipinski definition) is 3. The van der Waals surface area contributed by atoms with Gasteiger partial charge in [-0.05, 0) is 39.8 Å². The third-order valence-electron chi connectivity index (χ3n) is 2.56. The molecule has 3 amide bonds. The van der Waals surface area contributed by atoms with Crippen LogP contribution >= 0.6 is 0 Å². The zero-order chi connectivity index (χ0) is 13.7. The Bertz CT molecular complexity index is 420. The van der Waals surface area contributed by atoms with Crippen LogP contribution in [0.5, 0.6) is 0 Å². The summed E-state index contributed by atoms with van der Waals surface area (Å²) in [6.07, 6.45) is 0. The van der Waals surface area contributed by atoms with E-state index in [1.54, 1.807) is 13.8 Å². The summed E-state index contributed by atoms with van der Waals surface area (Å²) in [5, 5.41) is 4.77. The van der Waals surface area contributed by atoms with Crippen molar-refractivity contribution in [2.24, 2.45) is 0 Å². The minimum Gasteiger partial charge on any atom is -0.338 e. The third-order valence-corrected chi connectivity index (χ3v) is 2.56. The second kappa shape index (κ2) is 6.09. The lowest BCUT2D eigenvalue weighted by molar-refractivity contribution is -0.120. The molecule has 0 saturated carbocycles. The molecule has 0 bridgehead atoms. The van der Waals surface area contributed by atoms with Crippen molar-refractivity contribution in [3.8, 4) is 0 Å². The second-order valence-corrected chi connectivity index (χ2v) is 4.15. The third kappa shape index (κ3) is 3.51. The first-order valence-electron chi connectivity index (χ1n) is 5.96. The topological polar surface area (TPSA) is 75.2 Å². The lowest BCUT2D eigenvalue weighted by Crippen LogP contribution is -2.47. The van der Waals surface area contributed by atoms with Gasteiger partial charge < -0.3 is 10.7 Å². The first-order chi connectivity index (χ1) is 8.45. The number of carbonyl (C=O) groups is 2. The molecule has 1 rings (SSSR count). The highest BCUT2D eigenvalue weighted by molar-refractivity contribution is 5.97. The predicted molar refractivity (Wildman–Crippen MR) is 69.9 cm³/mol. The van der Waals surface area contributed by atoms with E-state index >= 15 is 0 Å². The summed E-state index contributed by atoms with van der Waals surface area (Å²) in [7, 11) is 0. The largest absolute Gasteiger partial charge is 0.338 e. The van der Waals surface area contributed by atoms with E-state index in [-0.39, 0.29) is 5.91 Å². The van der Waals surface area contributed by atoms with E-state index in [4.69, 9.17) is 0 Å². The number of nitrogens with one attached hydrogen (secondary N) is 3. The summed E-state index contributed by atoms with van der Waals surface area (Å²) < 4.78 is 1.82. The Morgan fingerprint density at radius 1 is 1.28 bits per heavy atom. The smallest absolute Gasteiger partial charge is 0.321 e. The Morgan fingerprint density at radius 3 is 2.33 bits per heavy atom. The van der Waals surface area contributed by atoms with Crippen molar-refractivity contribution in [1.29, 1.82) is 0 Å². The van der Waals surface area contributed by atoms with Crippen LogP contribution < -0.4 is 16.1 Å².